The van der Waals surface area contributed by atoms with Gasteiger partial charge in [0.25, 0.3) is 0 Å². The van der Waals surface area contributed by atoms with Crippen molar-refractivity contribution in [1.82, 2.24) is 5.32 Å². The van der Waals surface area contributed by atoms with Crippen molar-refractivity contribution in [3.63, 3.8) is 0 Å². The topological polar surface area (TPSA) is 79.3 Å². The summed E-state index contributed by atoms with van der Waals surface area (Å²) in [6.45, 7) is 13.7. The van der Waals surface area contributed by atoms with Gasteiger partial charge in [-0.3, -0.25) is 20.3 Å². The zero-order valence-electron chi connectivity index (χ0n) is 13.7. The van der Waals surface area contributed by atoms with E-state index >= 15 is 0 Å². The van der Waals surface area contributed by atoms with Crippen LogP contribution in [-0.2, 0) is 14.3 Å². The Balaban J connectivity index is 4.63. The molecule has 0 rings (SSSR count). The van der Waals surface area contributed by atoms with Gasteiger partial charge in [0.05, 0.1) is 0 Å². The number of carbonyl (C=O) groups excluding carboxylic acids is 2. The lowest BCUT2D eigenvalue weighted by Gasteiger charge is -2.35. The van der Waals surface area contributed by atoms with Crippen molar-refractivity contribution < 1.29 is 14.3 Å². The van der Waals surface area contributed by atoms with Crippen LogP contribution >= 0.6 is 0 Å². The molecule has 0 fully saturated rings. The van der Waals surface area contributed by atoms with Gasteiger partial charge in [0.2, 0.25) is 11.8 Å². The number of imide groups is 1. The number of carbonyl (C=O) groups is 2. The zero-order chi connectivity index (χ0) is 16.1. The molecule has 5 nitrogen and oxygen atoms in total. The molecule has 0 aromatic rings. The molecule has 0 heterocycles. The summed E-state index contributed by atoms with van der Waals surface area (Å²) in [7, 11) is 0. The summed E-state index contributed by atoms with van der Waals surface area (Å²) in [4.78, 5) is 22.2. The smallest absolute Gasteiger partial charge is 0.235 e. The van der Waals surface area contributed by atoms with Gasteiger partial charge in [0.15, 0.2) is 5.90 Å². The van der Waals surface area contributed by atoms with Crippen molar-refractivity contribution in [2.75, 3.05) is 0 Å². The average Bonchev–Trinajstić information content (AvgIpc) is 2.10. The van der Waals surface area contributed by atoms with Crippen molar-refractivity contribution in [1.29, 1.82) is 5.41 Å². The monoisotopic (exact) mass is 284 g/mol. The predicted octanol–water partition coefficient (Wildman–Crippen LogP) is 2.88. The van der Waals surface area contributed by atoms with Gasteiger partial charge in [-0.25, -0.2) is 0 Å². The number of nitrogens with one attached hydrogen (secondary N) is 2. The molecule has 116 valence electrons. The van der Waals surface area contributed by atoms with Gasteiger partial charge in [-0.05, 0) is 17.3 Å². The normalized spacial score (nSPS) is 13.6. The van der Waals surface area contributed by atoms with Gasteiger partial charge in [0, 0.05) is 6.92 Å². The molecular formula is C15H28N2O3. The fraction of sp³-hybridized carbons (Fsp3) is 0.800. The molecule has 0 saturated heterocycles. The molecule has 1 unspecified atom stereocenters. The maximum Gasteiger partial charge on any atom is 0.235 e. The first-order valence-electron chi connectivity index (χ1n) is 6.86. The Morgan fingerprint density at radius 2 is 1.65 bits per heavy atom. The second-order valence-corrected chi connectivity index (χ2v) is 7.44. The van der Waals surface area contributed by atoms with E-state index in [-0.39, 0.29) is 29.3 Å². The summed E-state index contributed by atoms with van der Waals surface area (Å²) < 4.78 is 5.65. The highest BCUT2D eigenvalue weighted by atomic mass is 16.5. The van der Waals surface area contributed by atoms with Crippen LogP contribution in [0.3, 0.4) is 0 Å². The largest absolute Gasteiger partial charge is 0.477 e. The molecule has 2 N–H and O–H groups in total. The lowest BCUT2D eigenvalue weighted by atomic mass is 9.78. The van der Waals surface area contributed by atoms with E-state index in [1.54, 1.807) is 0 Å². The first kappa shape index (κ1) is 18.6. The number of hydrogen-bond acceptors (Lipinski definition) is 4. The van der Waals surface area contributed by atoms with E-state index < -0.39 is 11.8 Å². The SMILES string of the molecule is CC(=O)NC(=O)CC(=N)OC(CC(C)(C)C)C(C)(C)C. The lowest BCUT2D eigenvalue weighted by molar-refractivity contribution is -0.128. The molecule has 20 heavy (non-hydrogen) atoms. The molecule has 1 atom stereocenters. The molecule has 0 aliphatic carbocycles. The van der Waals surface area contributed by atoms with Crippen LogP contribution in [0.1, 0.15) is 61.3 Å². The highest BCUT2D eigenvalue weighted by Gasteiger charge is 2.31. The summed E-state index contributed by atoms with van der Waals surface area (Å²) >= 11 is 0. The molecule has 0 spiro atoms. The van der Waals surface area contributed by atoms with E-state index in [2.05, 4.69) is 26.1 Å². The van der Waals surface area contributed by atoms with Crippen molar-refractivity contribution in [2.24, 2.45) is 10.8 Å². The summed E-state index contributed by atoms with van der Waals surface area (Å²) in [5.74, 6) is -1.04. The van der Waals surface area contributed by atoms with Crippen LogP contribution in [0.25, 0.3) is 0 Å². The second kappa shape index (κ2) is 6.86. The Labute approximate surface area is 122 Å². The third-order valence-electron chi connectivity index (χ3n) is 2.68. The fourth-order valence-corrected chi connectivity index (χ4v) is 1.68. The van der Waals surface area contributed by atoms with E-state index in [1.165, 1.54) is 6.92 Å². The van der Waals surface area contributed by atoms with Gasteiger partial charge in [-0.2, -0.15) is 0 Å². The van der Waals surface area contributed by atoms with Gasteiger partial charge in [-0.15, -0.1) is 0 Å². The van der Waals surface area contributed by atoms with E-state index in [0.29, 0.717) is 0 Å². The van der Waals surface area contributed by atoms with Crippen molar-refractivity contribution in [3.8, 4) is 0 Å². The highest BCUT2D eigenvalue weighted by Crippen LogP contribution is 2.33. The number of rotatable bonds is 4. The van der Waals surface area contributed by atoms with Crippen LogP contribution in [-0.4, -0.2) is 23.8 Å². The van der Waals surface area contributed by atoms with Gasteiger partial charge < -0.3 is 4.74 Å². The van der Waals surface area contributed by atoms with Crippen molar-refractivity contribution in [3.05, 3.63) is 0 Å². The minimum atomic E-state index is -0.508. The minimum Gasteiger partial charge on any atom is -0.477 e. The Hall–Kier alpha value is -1.39. The molecule has 0 aliphatic heterocycles. The lowest BCUT2D eigenvalue weighted by Crippen LogP contribution is -2.37. The van der Waals surface area contributed by atoms with Crippen LogP contribution in [0.5, 0.6) is 0 Å². The zero-order valence-corrected chi connectivity index (χ0v) is 13.7. The van der Waals surface area contributed by atoms with Crippen LogP contribution in [0.4, 0.5) is 0 Å². The summed E-state index contributed by atoms with van der Waals surface area (Å²) in [6.07, 6.45) is 0.420. The first-order chi connectivity index (χ1) is 8.81. The highest BCUT2D eigenvalue weighted by molar-refractivity contribution is 6.02. The molecule has 2 amide bonds. The molecule has 0 aliphatic rings. The maximum atomic E-state index is 11.4. The van der Waals surface area contributed by atoms with Crippen LogP contribution in [0.2, 0.25) is 0 Å². The quantitative estimate of drug-likeness (QED) is 0.615. The number of amides is 2. The predicted molar refractivity (Wildman–Crippen MR) is 79.6 cm³/mol. The third kappa shape index (κ3) is 8.67. The Kier molecular flexibility index (Phi) is 6.38. The second-order valence-electron chi connectivity index (χ2n) is 7.44. The van der Waals surface area contributed by atoms with Crippen LogP contribution in [0.15, 0.2) is 0 Å². The fourth-order valence-electron chi connectivity index (χ4n) is 1.68. The molecule has 0 bridgehead atoms. The standard InChI is InChI=1S/C15H28N2O3/c1-10(18)17-13(19)8-12(16)20-11(15(5,6)7)9-14(2,3)4/h11,16H,8-9H2,1-7H3,(H,17,18,19). The third-order valence-corrected chi connectivity index (χ3v) is 2.68. The number of ether oxygens (including phenoxy) is 1. The molecule has 0 aromatic heterocycles. The molecule has 0 radical (unpaired) electrons. The van der Waals surface area contributed by atoms with Gasteiger partial charge in [-0.1, -0.05) is 41.5 Å². The summed E-state index contributed by atoms with van der Waals surface area (Å²) in [5, 5.41) is 9.92. The summed E-state index contributed by atoms with van der Waals surface area (Å²) in [5.41, 5.74) is -0.0590. The Bertz CT molecular complexity index is 376. The number of hydrogen-bond donors (Lipinski definition) is 2. The first-order valence-corrected chi connectivity index (χ1v) is 6.86. The maximum absolute atomic E-state index is 11.4. The minimum absolute atomic E-state index is 0.0693. The molecule has 0 aromatic carbocycles. The van der Waals surface area contributed by atoms with Crippen LogP contribution < -0.4 is 5.32 Å². The Morgan fingerprint density at radius 3 is 2.00 bits per heavy atom. The molecule has 5 heteroatoms. The Morgan fingerprint density at radius 1 is 1.15 bits per heavy atom. The van der Waals surface area contributed by atoms with E-state index in [1.807, 2.05) is 20.8 Å². The molecule has 0 saturated carbocycles. The van der Waals surface area contributed by atoms with Gasteiger partial charge >= 0.3 is 0 Å². The van der Waals surface area contributed by atoms with Gasteiger partial charge in [0.1, 0.15) is 12.5 Å². The molecular weight excluding hydrogens is 256 g/mol. The summed E-state index contributed by atoms with van der Waals surface area (Å²) in [6, 6.07) is 0. The van der Waals surface area contributed by atoms with Crippen molar-refractivity contribution >= 4 is 17.7 Å². The van der Waals surface area contributed by atoms with E-state index in [0.717, 1.165) is 6.42 Å². The van der Waals surface area contributed by atoms with E-state index in [9.17, 15) is 9.59 Å². The average molecular weight is 284 g/mol. The van der Waals surface area contributed by atoms with E-state index in [4.69, 9.17) is 10.1 Å². The van der Waals surface area contributed by atoms with Crippen LogP contribution in [0, 0.1) is 16.2 Å². The van der Waals surface area contributed by atoms with Crippen molar-refractivity contribution in [2.45, 2.75) is 67.4 Å².